The average molecular weight is 297 g/mol. The van der Waals surface area contributed by atoms with Crippen molar-refractivity contribution in [3.63, 3.8) is 0 Å². The number of nitrogens with zero attached hydrogens (tertiary/aromatic N) is 1. The van der Waals surface area contributed by atoms with Crippen LogP contribution in [0.25, 0.3) is 0 Å². The lowest BCUT2D eigenvalue weighted by atomic mass is 9.96. The predicted molar refractivity (Wildman–Crippen MR) is 78.3 cm³/mol. The number of methoxy groups -OCH3 is 1. The van der Waals surface area contributed by atoms with E-state index in [1.54, 1.807) is 0 Å². The van der Waals surface area contributed by atoms with E-state index in [2.05, 4.69) is 10.6 Å². The van der Waals surface area contributed by atoms with Crippen LogP contribution < -0.4 is 15.4 Å². The van der Waals surface area contributed by atoms with E-state index >= 15 is 0 Å². The number of benzene rings is 1. The average Bonchev–Trinajstić information content (AvgIpc) is 2.49. The molecular formula is C14H20FN3O3. The molecule has 0 spiro atoms. The van der Waals surface area contributed by atoms with E-state index in [1.165, 1.54) is 19.6 Å². The van der Waals surface area contributed by atoms with E-state index in [-0.39, 0.29) is 11.4 Å². The van der Waals surface area contributed by atoms with Gasteiger partial charge in [-0.15, -0.1) is 0 Å². The van der Waals surface area contributed by atoms with Crippen molar-refractivity contribution in [3.8, 4) is 5.75 Å². The van der Waals surface area contributed by atoms with Crippen molar-refractivity contribution in [3.05, 3.63) is 28.1 Å². The third kappa shape index (κ3) is 4.04. The molecule has 0 aromatic heterocycles. The van der Waals surface area contributed by atoms with Crippen molar-refractivity contribution in [1.82, 2.24) is 5.32 Å². The molecule has 0 radical (unpaired) electrons. The summed E-state index contributed by atoms with van der Waals surface area (Å²) in [4.78, 5) is 10.4. The summed E-state index contributed by atoms with van der Waals surface area (Å²) in [5.41, 5.74) is 0.0251. The molecule has 0 saturated carbocycles. The lowest BCUT2D eigenvalue weighted by Gasteiger charge is -2.22. The lowest BCUT2D eigenvalue weighted by Crippen LogP contribution is -2.30. The number of nitrogens with one attached hydrogen (secondary N) is 2. The maximum absolute atomic E-state index is 13.5. The first-order chi connectivity index (χ1) is 10.1. The van der Waals surface area contributed by atoms with Crippen LogP contribution in [0.2, 0.25) is 0 Å². The van der Waals surface area contributed by atoms with Crippen molar-refractivity contribution >= 4 is 11.4 Å². The summed E-state index contributed by atoms with van der Waals surface area (Å²) in [6.45, 7) is 2.66. The molecule has 0 aliphatic carbocycles. The van der Waals surface area contributed by atoms with Gasteiger partial charge in [-0.25, -0.2) is 4.39 Å². The minimum Gasteiger partial charge on any atom is -0.494 e. The number of ether oxygens (including phenoxy) is 1. The third-order valence-corrected chi connectivity index (χ3v) is 3.73. The maximum Gasteiger partial charge on any atom is 0.295 e. The van der Waals surface area contributed by atoms with Gasteiger partial charge in [-0.3, -0.25) is 10.1 Å². The van der Waals surface area contributed by atoms with Crippen molar-refractivity contribution in [2.24, 2.45) is 5.92 Å². The molecule has 116 valence electrons. The standard InChI is InChI=1S/C14H20FN3O3/c1-21-14-8-12(13(18(19)20)7-11(14)15)17-6-4-10-3-2-5-16-9-10/h7-8,10,16-17H,2-6,9H2,1H3. The van der Waals surface area contributed by atoms with Crippen LogP contribution in [0.5, 0.6) is 5.75 Å². The number of anilines is 1. The van der Waals surface area contributed by atoms with E-state index in [1.807, 2.05) is 0 Å². The van der Waals surface area contributed by atoms with Crippen molar-refractivity contribution in [1.29, 1.82) is 0 Å². The number of piperidine rings is 1. The normalized spacial score (nSPS) is 18.3. The summed E-state index contributed by atoms with van der Waals surface area (Å²) >= 11 is 0. The molecule has 1 fully saturated rings. The second-order valence-electron chi connectivity index (χ2n) is 5.19. The zero-order chi connectivity index (χ0) is 15.2. The van der Waals surface area contributed by atoms with Crippen molar-refractivity contribution in [2.45, 2.75) is 19.3 Å². The second-order valence-corrected chi connectivity index (χ2v) is 5.19. The van der Waals surface area contributed by atoms with Gasteiger partial charge >= 0.3 is 0 Å². The zero-order valence-electron chi connectivity index (χ0n) is 12.0. The first kappa shape index (κ1) is 15.5. The van der Waals surface area contributed by atoms with Gasteiger partial charge in [-0.2, -0.15) is 0 Å². The zero-order valence-corrected chi connectivity index (χ0v) is 12.0. The first-order valence-corrected chi connectivity index (χ1v) is 7.08. The molecule has 1 aliphatic heterocycles. The smallest absolute Gasteiger partial charge is 0.295 e. The Kier molecular flexibility index (Phi) is 5.32. The Hall–Kier alpha value is -1.89. The van der Waals surface area contributed by atoms with Crippen molar-refractivity contribution < 1.29 is 14.1 Å². The minimum absolute atomic E-state index is 0.00225. The molecule has 0 amide bonds. The third-order valence-electron chi connectivity index (χ3n) is 3.73. The van der Waals surface area contributed by atoms with Gasteiger partial charge in [0.05, 0.1) is 18.1 Å². The molecule has 21 heavy (non-hydrogen) atoms. The second kappa shape index (κ2) is 7.21. The molecule has 2 rings (SSSR count). The molecule has 1 atom stereocenters. The highest BCUT2D eigenvalue weighted by atomic mass is 19.1. The van der Waals surface area contributed by atoms with Gasteiger partial charge in [0, 0.05) is 12.6 Å². The van der Waals surface area contributed by atoms with Gasteiger partial charge in [-0.1, -0.05) is 0 Å². The van der Waals surface area contributed by atoms with Gasteiger partial charge in [-0.05, 0) is 38.3 Å². The summed E-state index contributed by atoms with van der Waals surface area (Å²) in [5.74, 6) is -0.152. The molecule has 1 heterocycles. The number of halogens is 1. The molecule has 1 saturated heterocycles. The van der Waals surface area contributed by atoms with Crippen LogP contribution in [0.4, 0.5) is 15.8 Å². The van der Waals surface area contributed by atoms with Gasteiger partial charge in [0.2, 0.25) is 0 Å². The summed E-state index contributed by atoms with van der Waals surface area (Å²) in [7, 11) is 1.34. The van der Waals surface area contributed by atoms with E-state index in [4.69, 9.17) is 4.74 Å². The van der Waals surface area contributed by atoms with Crippen molar-refractivity contribution in [2.75, 3.05) is 32.1 Å². The quantitative estimate of drug-likeness (QED) is 0.623. The first-order valence-electron chi connectivity index (χ1n) is 7.08. The summed E-state index contributed by atoms with van der Waals surface area (Å²) in [6, 6.07) is 2.23. The molecule has 6 nitrogen and oxygen atoms in total. The Morgan fingerprint density at radius 2 is 2.38 bits per heavy atom. The Bertz CT molecular complexity index is 504. The molecule has 1 unspecified atom stereocenters. The molecule has 1 aromatic rings. The van der Waals surface area contributed by atoms with E-state index < -0.39 is 10.7 Å². The SMILES string of the molecule is COc1cc(NCCC2CCCNC2)c([N+](=O)[O-])cc1F. The number of rotatable bonds is 6. The fraction of sp³-hybridized carbons (Fsp3) is 0.571. The number of hydrogen-bond acceptors (Lipinski definition) is 5. The molecule has 7 heteroatoms. The number of nitro benzene ring substituents is 1. The van der Waals surface area contributed by atoms with E-state index in [0.717, 1.165) is 32.0 Å². The predicted octanol–water partition coefficient (Wildman–Crippen LogP) is 2.54. The highest BCUT2D eigenvalue weighted by Gasteiger charge is 2.19. The summed E-state index contributed by atoms with van der Waals surface area (Å²) < 4.78 is 18.4. The number of nitro groups is 1. The van der Waals surface area contributed by atoms with Crippen LogP contribution in [0.15, 0.2) is 12.1 Å². The fourth-order valence-corrected chi connectivity index (χ4v) is 2.57. The van der Waals surface area contributed by atoms with Crippen LogP contribution in [-0.2, 0) is 0 Å². The van der Waals surface area contributed by atoms with Crippen LogP contribution in [0.3, 0.4) is 0 Å². The van der Waals surface area contributed by atoms with Gasteiger partial charge in [0.25, 0.3) is 5.69 Å². The van der Waals surface area contributed by atoms with E-state index in [9.17, 15) is 14.5 Å². The monoisotopic (exact) mass is 297 g/mol. The summed E-state index contributed by atoms with van der Waals surface area (Å²) in [6.07, 6.45) is 3.25. The Balaban J connectivity index is 2.01. The molecule has 2 N–H and O–H groups in total. The molecule has 1 aromatic carbocycles. The van der Waals surface area contributed by atoms with Crippen LogP contribution in [0, 0.1) is 21.8 Å². The Labute approximate surface area is 122 Å². The van der Waals surface area contributed by atoms with Crippen LogP contribution in [-0.4, -0.2) is 31.7 Å². The van der Waals surface area contributed by atoms with Crippen LogP contribution >= 0.6 is 0 Å². The molecule has 1 aliphatic rings. The fourth-order valence-electron chi connectivity index (χ4n) is 2.57. The highest BCUT2D eigenvalue weighted by molar-refractivity contribution is 5.64. The number of hydrogen-bond donors (Lipinski definition) is 2. The molecule has 0 bridgehead atoms. The molecular weight excluding hydrogens is 277 g/mol. The minimum atomic E-state index is -0.730. The van der Waals surface area contributed by atoms with Crippen LogP contribution in [0.1, 0.15) is 19.3 Å². The van der Waals surface area contributed by atoms with Gasteiger partial charge < -0.3 is 15.4 Å². The lowest BCUT2D eigenvalue weighted by molar-refractivity contribution is -0.384. The van der Waals surface area contributed by atoms with Gasteiger partial charge in [0.1, 0.15) is 5.69 Å². The van der Waals surface area contributed by atoms with E-state index in [0.29, 0.717) is 18.2 Å². The maximum atomic E-state index is 13.5. The highest BCUT2D eigenvalue weighted by Crippen LogP contribution is 2.31. The topological polar surface area (TPSA) is 76.4 Å². The largest absolute Gasteiger partial charge is 0.494 e. The summed E-state index contributed by atoms with van der Waals surface area (Å²) in [5, 5.41) is 17.3. The Morgan fingerprint density at radius 3 is 3.00 bits per heavy atom. The Morgan fingerprint density at radius 1 is 1.57 bits per heavy atom. The van der Waals surface area contributed by atoms with Gasteiger partial charge in [0.15, 0.2) is 11.6 Å².